The number of carbonyl (C=O) groups is 1. The molecule has 6 nitrogen and oxygen atoms in total. The van der Waals surface area contributed by atoms with Crippen molar-refractivity contribution in [3.05, 3.63) is 41.5 Å². The highest BCUT2D eigenvalue weighted by atomic mass is 16.5. The van der Waals surface area contributed by atoms with Gasteiger partial charge in [-0.05, 0) is 49.3 Å². The van der Waals surface area contributed by atoms with Gasteiger partial charge in [0, 0.05) is 26.4 Å². The van der Waals surface area contributed by atoms with E-state index in [0.29, 0.717) is 18.9 Å². The summed E-state index contributed by atoms with van der Waals surface area (Å²) in [7, 11) is 1.66. The number of carbonyl (C=O) groups excluding carboxylic acids is 1. The molecule has 150 valence electrons. The number of nitrogens with zero attached hydrogens (tertiary/aromatic N) is 3. The molecule has 1 saturated heterocycles. The number of benzene rings is 1. The van der Waals surface area contributed by atoms with Crippen LogP contribution in [0.15, 0.2) is 28.8 Å². The summed E-state index contributed by atoms with van der Waals surface area (Å²) in [5.74, 6) is 3.18. The third-order valence-corrected chi connectivity index (χ3v) is 6.07. The number of hydrogen-bond acceptors (Lipinski definition) is 5. The van der Waals surface area contributed by atoms with Crippen molar-refractivity contribution in [2.45, 2.75) is 57.3 Å². The van der Waals surface area contributed by atoms with Crippen LogP contribution >= 0.6 is 0 Å². The summed E-state index contributed by atoms with van der Waals surface area (Å²) in [6, 6.07) is 7.95. The predicted octanol–water partition coefficient (Wildman–Crippen LogP) is 3.68. The maximum atomic E-state index is 13.0. The van der Waals surface area contributed by atoms with Crippen LogP contribution in [-0.2, 0) is 16.6 Å². The Balaban J connectivity index is 1.44. The van der Waals surface area contributed by atoms with Crippen LogP contribution in [0.25, 0.3) is 0 Å². The second-order valence-corrected chi connectivity index (χ2v) is 8.34. The van der Waals surface area contributed by atoms with Crippen LogP contribution in [0.2, 0.25) is 0 Å². The van der Waals surface area contributed by atoms with Gasteiger partial charge in [-0.25, -0.2) is 0 Å². The lowest BCUT2D eigenvalue weighted by Crippen LogP contribution is -2.49. The first kappa shape index (κ1) is 19.0. The van der Waals surface area contributed by atoms with Crippen molar-refractivity contribution in [3.8, 4) is 5.75 Å². The highest BCUT2D eigenvalue weighted by Gasteiger charge is 2.45. The molecule has 1 unspecified atom stereocenters. The van der Waals surface area contributed by atoms with Gasteiger partial charge in [0.25, 0.3) is 0 Å². The number of ether oxygens (including phenoxy) is 1. The molecule has 6 heteroatoms. The van der Waals surface area contributed by atoms with Gasteiger partial charge in [-0.3, -0.25) is 4.79 Å². The molecule has 28 heavy (non-hydrogen) atoms. The van der Waals surface area contributed by atoms with Crippen LogP contribution < -0.4 is 4.74 Å². The van der Waals surface area contributed by atoms with Crippen molar-refractivity contribution in [2.75, 3.05) is 20.2 Å². The molecule has 1 aromatic carbocycles. The van der Waals surface area contributed by atoms with Gasteiger partial charge in [0.2, 0.25) is 11.8 Å². The minimum atomic E-state index is -0.150. The first-order chi connectivity index (χ1) is 13.6. The van der Waals surface area contributed by atoms with E-state index in [2.05, 4.69) is 10.1 Å². The minimum absolute atomic E-state index is 0.150. The van der Waals surface area contributed by atoms with E-state index in [1.165, 1.54) is 12.8 Å². The molecular weight excluding hydrogens is 354 g/mol. The fourth-order valence-electron chi connectivity index (χ4n) is 4.41. The lowest BCUT2D eigenvalue weighted by molar-refractivity contribution is -0.133. The second kappa shape index (κ2) is 7.94. The molecule has 0 bridgehead atoms. The van der Waals surface area contributed by atoms with Crippen LogP contribution in [0.4, 0.5) is 0 Å². The molecule has 1 aromatic heterocycles. The molecule has 4 rings (SSSR count). The van der Waals surface area contributed by atoms with Gasteiger partial charge in [0.1, 0.15) is 5.75 Å². The topological polar surface area (TPSA) is 68.5 Å². The van der Waals surface area contributed by atoms with Gasteiger partial charge in [0.15, 0.2) is 5.82 Å². The molecule has 1 aliphatic carbocycles. The molecule has 2 fully saturated rings. The smallest absolute Gasteiger partial charge is 0.223 e. The van der Waals surface area contributed by atoms with E-state index in [4.69, 9.17) is 9.26 Å². The van der Waals surface area contributed by atoms with Crippen LogP contribution in [0.1, 0.15) is 55.8 Å². The molecule has 0 radical (unpaired) electrons. The number of likely N-dealkylation sites (tertiary alicyclic amines) is 1. The monoisotopic (exact) mass is 383 g/mol. The zero-order chi connectivity index (χ0) is 19.6. The molecule has 1 amide bonds. The number of piperidine rings is 1. The van der Waals surface area contributed by atoms with Gasteiger partial charge in [-0.2, -0.15) is 4.98 Å². The third kappa shape index (κ3) is 4.21. The Morgan fingerprint density at radius 1 is 1.39 bits per heavy atom. The molecule has 2 aromatic rings. The average molecular weight is 383 g/mol. The van der Waals surface area contributed by atoms with E-state index in [9.17, 15) is 4.79 Å². The lowest BCUT2D eigenvalue weighted by atomic mass is 9.74. The number of methoxy groups -OCH3 is 1. The van der Waals surface area contributed by atoms with Crippen molar-refractivity contribution in [1.29, 1.82) is 0 Å². The summed E-state index contributed by atoms with van der Waals surface area (Å²) in [6.45, 7) is 3.36. The van der Waals surface area contributed by atoms with Gasteiger partial charge >= 0.3 is 0 Å². The highest BCUT2D eigenvalue weighted by Crippen LogP contribution is 2.45. The maximum absolute atomic E-state index is 13.0. The molecule has 2 aliphatic rings. The van der Waals surface area contributed by atoms with E-state index >= 15 is 0 Å². The number of hydrogen-bond donors (Lipinski definition) is 0. The van der Waals surface area contributed by atoms with Crippen molar-refractivity contribution in [1.82, 2.24) is 15.0 Å². The zero-order valence-electron chi connectivity index (χ0n) is 16.8. The van der Waals surface area contributed by atoms with Crippen molar-refractivity contribution < 1.29 is 14.1 Å². The molecule has 2 heterocycles. The van der Waals surface area contributed by atoms with Gasteiger partial charge < -0.3 is 14.2 Å². The fraction of sp³-hybridized carbons (Fsp3) is 0.591. The van der Waals surface area contributed by atoms with Crippen LogP contribution in [0.3, 0.4) is 0 Å². The Bertz CT molecular complexity index is 830. The Kier molecular flexibility index (Phi) is 5.38. The Hall–Kier alpha value is -2.37. The minimum Gasteiger partial charge on any atom is -0.497 e. The SMILES string of the molecule is COc1cccc(CCC(=O)N2CCCC(CC3CC3)(c3noc(C)n3)C2)c1. The third-order valence-electron chi connectivity index (χ3n) is 6.07. The predicted molar refractivity (Wildman–Crippen MR) is 105 cm³/mol. The summed E-state index contributed by atoms with van der Waals surface area (Å²) in [6.07, 6.45) is 6.88. The number of aromatic nitrogens is 2. The summed E-state index contributed by atoms with van der Waals surface area (Å²) in [5, 5.41) is 4.26. The summed E-state index contributed by atoms with van der Waals surface area (Å²) < 4.78 is 10.6. The zero-order valence-corrected chi connectivity index (χ0v) is 16.8. The van der Waals surface area contributed by atoms with Crippen LogP contribution in [0.5, 0.6) is 5.75 Å². The van der Waals surface area contributed by atoms with E-state index < -0.39 is 0 Å². The van der Waals surface area contributed by atoms with Gasteiger partial charge in [0.05, 0.1) is 12.5 Å². The van der Waals surface area contributed by atoms with E-state index in [1.54, 1.807) is 7.11 Å². The molecule has 0 spiro atoms. The van der Waals surface area contributed by atoms with Crippen molar-refractivity contribution in [3.63, 3.8) is 0 Å². The Labute approximate surface area is 166 Å². The first-order valence-electron chi connectivity index (χ1n) is 10.3. The molecule has 1 aliphatic heterocycles. The van der Waals surface area contributed by atoms with Crippen molar-refractivity contribution in [2.24, 2.45) is 5.92 Å². The molecule has 0 N–H and O–H groups in total. The quantitative estimate of drug-likeness (QED) is 0.729. The second-order valence-electron chi connectivity index (χ2n) is 8.34. The fourth-order valence-corrected chi connectivity index (χ4v) is 4.41. The lowest BCUT2D eigenvalue weighted by Gasteiger charge is -2.41. The Morgan fingerprint density at radius 2 is 2.25 bits per heavy atom. The van der Waals surface area contributed by atoms with E-state index in [1.807, 2.05) is 36.1 Å². The highest BCUT2D eigenvalue weighted by molar-refractivity contribution is 5.76. The normalized spacial score (nSPS) is 22.3. The van der Waals surface area contributed by atoms with E-state index in [0.717, 1.165) is 55.3 Å². The standard InChI is InChI=1S/C22H29N3O3/c1-16-23-21(24-28-16)22(14-18-7-8-18)11-4-12-25(15-22)20(26)10-9-17-5-3-6-19(13-17)27-2/h3,5-6,13,18H,4,7-12,14-15H2,1-2H3. The van der Waals surface area contributed by atoms with Crippen LogP contribution in [-0.4, -0.2) is 41.1 Å². The molecular formula is C22H29N3O3. The molecule has 1 saturated carbocycles. The summed E-state index contributed by atoms with van der Waals surface area (Å²) in [4.78, 5) is 19.6. The van der Waals surface area contributed by atoms with Gasteiger partial charge in [-0.15, -0.1) is 0 Å². The van der Waals surface area contributed by atoms with Crippen LogP contribution in [0, 0.1) is 12.8 Å². The first-order valence-corrected chi connectivity index (χ1v) is 10.3. The number of rotatable bonds is 7. The largest absolute Gasteiger partial charge is 0.497 e. The number of aryl methyl sites for hydroxylation is 2. The summed E-state index contributed by atoms with van der Waals surface area (Å²) >= 11 is 0. The molecule has 1 atom stereocenters. The number of amides is 1. The van der Waals surface area contributed by atoms with Crippen molar-refractivity contribution >= 4 is 5.91 Å². The van der Waals surface area contributed by atoms with E-state index in [-0.39, 0.29) is 11.3 Å². The Morgan fingerprint density at radius 3 is 2.96 bits per heavy atom. The average Bonchev–Trinajstić information content (AvgIpc) is 3.42. The van der Waals surface area contributed by atoms with Gasteiger partial charge in [-0.1, -0.05) is 30.1 Å². The summed E-state index contributed by atoms with van der Waals surface area (Å²) in [5.41, 5.74) is 0.978. The maximum Gasteiger partial charge on any atom is 0.223 e.